The summed E-state index contributed by atoms with van der Waals surface area (Å²) in [7, 11) is 0. The molecule has 0 bridgehead atoms. The van der Waals surface area contributed by atoms with Crippen LogP contribution in [-0.2, 0) is 4.74 Å². The molecule has 102 valence electrons. The minimum absolute atomic E-state index is 0.639. The van der Waals surface area contributed by atoms with Gasteiger partial charge in [0.25, 0.3) is 10.4 Å². The quantitative estimate of drug-likeness (QED) is 0.580. The van der Waals surface area contributed by atoms with Crippen molar-refractivity contribution in [3.63, 3.8) is 0 Å². The second kappa shape index (κ2) is 13.6. The van der Waals surface area contributed by atoms with Gasteiger partial charge in [0, 0.05) is 13.1 Å². The van der Waals surface area contributed by atoms with Crippen molar-refractivity contribution in [2.75, 3.05) is 19.7 Å². The predicted octanol–water partition coefficient (Wildman–Crippen LogP) is 2.81. The highest BCUT2D eigenvalue weighted by Gasteiger charge is 2.07. The third-order valence-corrected chi connectivity index (χ3v) is 2.05. The topological polar surface area (TPSA) is 55.6 Å². The third-order valence-electron chi connectivity index (χ3n) is 1.67. The number of carbonyl (C=O) groups is 1. The van der Waals surface area contributed by atoms with Gasteiger partial charge in [-0.25, -0.2) is 0 Å². The summed E-state index contributed by atoms with van der Waals surface area (Å²) in [6, 6.07) is 0. The Morgan fingerprint density at radius 1 is 1.24 bits per heavy atom. The zero-order valence-electron chi connectivity index (χ0n) is 10.9. The largest absolute Gasteiger partial charge is 0.471 e. The molecule has 0 spiro atoms. The Labute approximate surface area is 115 Å². The molecule has 6 heteroatoms. The molecule has 0 aliphatic carbocycles. The molecule has 0 aromatic rings. The number of carbonyl (C=O) groups excluding carboxylic acids is 1. The van der Waals surface area contributed by atoms with Gasteiger partial charge in [0.1, 0.15) is 0 Å². The Morgan fingerprint density at radius 3 is 1.94 bits per heavy atom. The van der Waals surface area contributed by atoms with Gasteiger partial charge in [-0.3, -0.25) is 4.79 Å². The maximum Gasteiger partial charge on any atom is 0.273 e. The molecule has 0 fully saturated rings. The van der Waals surface area contributed by atoms with Crippen molar-refractivity contribution < 1.29 is 9.53 Å². The van der Waals surface area contributed by atoms with E-state index in [0.717, 1.165) is 39.0 Å². The summed E-state index contributed by atoms with van der Waals surface area (Å²) in [5, 5.41) is 0.0329. The molecule has 0 radical (unpaired) electrons. The van der Waals surface area contributed by atoms with Gasteiger partial charge in [0.05, 0.1) is 6.61 Å². The fourth-order valence-electron chi connectivity index (χ4n) is 1.11. The summed E-state index contributed by atoms with van der Waals surface area (Å²) in [6.45, 7) is 9.17. The number of thiocarbonyl (C=S) groups is 1. The van der Waals surface area contributed by atoms with Gasteiger partial charge in [-0.15, -0.1) is 0 Å². The fourth-order valence-corrected chi connectivity index (χ4v) is 1.38. The number of amides is 1. The van der Waals surface area contributed by atoms with Crippen LogP contribution in [0.4, 0.5) is 4.79 Å². The first-order chi connectivity index (χ1) is 7.99. The number of nitrogens with two attached hydrogens (primary N) is 1. The summed E-state index contributed by atoms with van der Waals surface area (Å²) in [4.78, 5) is 11.2. The molecule has 17 heavy (non-hydrogen) atoms. The van der Waals surface area contributed by atoms with Gasteiger partial charge < -0.3 is 15.4 Å². The molecule has 0 aromatic heterocycles. The number of thiol groups is 1. The first kappa shape index (κ1) is 18.9. The molecule has 4 nitrogen and oxygen atoms in total. The van der Waals surface area contributed by atoms with E-state index in [1.165, 1.54) is 0 Å². The summed E-state index contributed by atoms with van der Waals surface area (Å²) < 4.78 is 5.42. The average Bonchev–Trinajstić information content (AvgIpc) is 2.25. The summed E-state index contributed by atoms with van der Waals surface area (Å²) >= 11 is 8.28. The second-order valence-corrected chi connectivity index (χ2v) is 4.23. The van der Waals surface area contributed by atoms with Crippen molar-refractivity contribution >= 4 is 35.3 Å². The number of primary amides is 1. The van der Waals surface area contributed by atoms with Crippen molar-refractivity contribution in [3.05, 3.63) is 0 Å². The minimum Gasteiger partial charge on any atom is -0.471 e. The number of rotatable bonds is 6. The van der Waals surface area contributed by atoms with Crippen LogP contribution in [0.3, 0.4) is 0 Å². The molecule has 0 heterocycles. The number of ether oxygens (including phenoxy) is 1. The minimum atomic E-state index is -0.639. The van der Waals surface area contributed by atoms with Gasteiger partial charge in [-0.2, -0.15) is 0 Å². The van der Waals surface area contributed by atoms with E-state index in [1.807, 2.05) is 0 Å². The van der Waals surface area contributed by atoms with Crippen LogP contribution in [0, 0.1) is 0 Å². The van der Waals surface area contributed by atoms with Crippen molar-refractivity contribution in [2.45, 2.75) is 40.0 Å². The monoisotopic (exact) mass is 280 g/mol. The van der Waals surface area contributed by atoms with E-state index in [2.05, 4.69) is 44.0 Å². The standard InChI is InChI=1S/C10H21NOS.CH3NOS/c1-4-7-11(8-5-2)10(13)12-9-6-3;2-1(3)4/h4-9H2,1-3H3;(H3,2,3,4). The van der Waals surface area contributed by atoms with Crippen LogP contribution in [-0.4, -0.2) is 35.0 Å². The highest BCUT2D eigenvalue weighted by Crippen LogP contribution is 1.99. The van der Waals surface area contributed by atoms with E-state index < -0.39 is 5.24 Å². The van der Waals surface area contributed by atoms with Crippen LogP contribution in [0.1, 0.15) is 40.0 Å². The lowest BCUT2D eigenvalue weighted by molar-refractivity contribution is 0.241. The van der Waals surface area contributed by atoms with Gasteiger partial charge in [-0.05, 0) is 31.5 Å². The molecule has 0 aliphatic rings. The van der Waals surface area contributed by atoms with Crippen LogP contribution in [0.2, 0.25) is 0 Å². The SMILES string of the molecule is CCCOC(=S)N(CCC)CCC.NC(=O)S. The highest BCUT2D eigenvalue weighted by molar-refractivity contribution is 7.96. The Balaban J connectivity index is 0. The number of hydrogen-bond donors (Lipinski definition) is 2. The van der Waals surface area contributed by atoms with Crippen LogP contribution in [0.25, 0.3) is 0 Å². The molecule has 2 N–H and O–H groups in total. The van der Waals surface area contributed by atoms with Crippen molar-refractivity contribution in [3.8, 4) is 0 Å². The molecule has 0 unspecified atom stereocenters. The lowest BCUT2D eigenvalue weighted by Crippen LogP contribution is -2.32. The van der Waals surface area contributed by atoms with Gasteiger partial charge in [0.2, 0.25) is 0 Å². The number of nitrogens with zero attached hydrogens (tertiary/aromatic N) is 1. The molecular weight excluding hydrogens is 256 g/mol. The van der Waals surface area contributed by atoms with Crippen molar-refractivity contribution in [1.82, 2.24) is 4.90 Å². The average molecular weight is 280 g/mol. The van der Waals surface area contributed by atoms with Gasteiger partial charge >= 0.3 is 0 Å². The van der Waals surface area contributed by atoms with E-state index in [1.54, 1.807) is 0 Å². The molecule has 0 aromatic carbocycles. The maximum atomic E-state index is 9.09. The van der Waals surface area contributed by atoms with E-state index in [9.17, 15) is 0 Å². The van der Waals surface area contributed by atoms with Crippen LogP contribution in [0.15, 0.2) is 0 Å². The van der Waals surface area contributed by atoms with Crippen LogP contribution in [0.5, 0.6) is 0 Å². The Bertz CT molecular complexity index is 204. The lowest BCUT2D eigenvalue weighted by atomic mass is 10.4. The normalized spacial score (nSPS) is 8.94. The molecule has 0 rings (SSSR count). The smallest absolute Gasteiger partial charge is 0.273 e. The van der Waals surface area contributed by atoms with E-state index >= 15 is 0 Å². The summed E-state index contributed by atoms with van der Waals surface area (Å²) in [5.74, 6) is 0. The molecule has 1 amide bonds. The number of hydrogen-bond acceptors (Lipinski definition) is 3. The van der Waals surface area contributed by atoms with E-state index in [-0.39, 0.29) is 0 Å². The third kappa shape index (κ3) is 15.5. The van der Waals surface area contributed by atoms with Crippen LogP contribution >= 0.6 is 24.8 Å². The first-order valence-electron chi connectivity index (χ1n) is 5.89. The summed E-state index contributed by atoms with van der Waals surface area (Å²) in [6.07, 6.45) is 3.26. The first-order valence-corrected chi connectivity index (χ1v) is 6.75. The predicted molar refractivity (Wildman–Crippen MR) is 79.6 cm³/mol. The fraction of sp³-hybridized carbons (Fsp3) is 0.818. The Kier molecular flexibility index (Phi) is 15.1. The maximum absolute atomic E-state index is 9.09. The summed E-state index contributed by atoms with van der Waals surface area (Å²) in [5.41, 5.74) is 4.34. The van der Waals surface area contributed by atoms with Crippen molar-refractivity contribution in [1.29, 1.82) is 0 Å². The van der Waals surface area contributed by atoms with Gasteiger partial charge in [0.15, 0.2) is 0 Å². The second-order valence-electron chi connectivity index (χ2n) is 3.44. The van der Waals surface area contributed by atoms with E-state index in [0.29, 0.717) is 5.17 Å². The Hall–Kier alpha value is -0.490. The Morgan fingerprint density at radius 2 is 1.65 bits per heavy atom. The molecule has 0 saturated carbocycles. The zero-order chi connectivity index (χ0) is 13.7. The zero-order valence-corrected chi connectivity index (χ0v) is 12.7. The molecule has 0 atom stereocenters. The van der Waals surface area contributed by atoms with Gasteiger partial charge in [-0.1, -0.05) is 33.4 Å². The van der Waals surface area contributed by atoms with E-state index in [4.69, 9.17) is 21.7 Å². The van der Waals surface area contributed by atoms with Crippen molar-refractivity contribution in [2.24, 2.45) is 5.73 Å². The lowest BCUT2D eigenvalue weighted by Gasteiger charge is -2.23. The molecule has 0 saturated heterocycles. The highest BCUT2D eigenvalue weighted by atomic mass is 32.1. The van der Waals surface area contributed by atoms with Crippen LogP contribution < -0.4 is 5.73 Å². The molecule has 0 aliphatic heterocycles. The molecular formula is C11H24N2O2S2.